The van der Waals surface area contributed by atoms with Gasteiger partial charge in [-0.2, -0.15) is 5.10 Å². The van der Waals surface area contributed by atoms with Gasteiger partial charge in [0.2, 0.25) is 0 Å². The van der Waals surface area contributed by atoms with Crippen molar-refractivity contribution >= 4 is 21.7 Å². The normalized spacial score (nSPS) is 10.5. The third kappa shape index (κ3) is 3.25. The van der Waals surface area contributed by atoms with Gasteiger partial charge in [-0.25, -0.2) is 0 Å². The molecule has 0 unspecified atom stereocenters. The molecule has 0 bridgehead atoms. The maximum Gasteiger partial charge on any atom is 0.145 e. The lowest BCUT2D eigenvalue weighted by molar-refractivity contribution is 0.307. The fourth-order valence-corrected chi connectivity index (χ4v) is 2.41. The summed E-state index contributed by atoms with van der Waals surface area (Å²) in [5.41, 5.74) is 8.55. The molecule has 0 atom stereocenters. The molecule has 21 heavy (non-hydrogen) atoms. The van der Waals surface area contributed by atoms with Crippen molar-refractivity contribution in [3.05, 3.63) is 64.6 Å². The van der Waals surface area contributed by atoms with Crippen LogP contribution in [0.1, 0.15) is 5.56 Å². The van der Waals surface area contributed by atoms with E-state index in [0.717, 1.165) is 27.0 Å². The van der Waals surface area contributed by atoms with Gasteiger partial charge in [0.15, 0.2) is 0 Å². The van der Waals surface area contributed by atoms with Gasteiger partial charge in [-0.1, -0.05) is 46.3 Å². The van der Waals surface area contributed by atoms with Gasteiger partial charge in [0.05, 0.1) is 5.69 Å². The molecule has 2 aromatic carbocycles. The molecule has 1 heterocycles. The number of rotatable bonds is 4. The van der Waals surface area contributed by atoms with E-state index in [2.05, 4.69) is 26.1 Å². The van der Waals surface area contributed by atoms with Crippen LogP contribution in [0.3, 0.4) is 0 Å². The summed E-state index contributed by atoms with van der Waals surface area (Å²) in [6, 6.07) is 17.7. The van der Waals surface area contributed by atoms with Crippen molar-refractivity contribution < 1.29 is 4.74 Å². The third-order valence-corrected chi connectivity index (χ3v) is 3.56. The largest absolute Gasteiger partial charge is 0.488 e. The number of ether oxygens (including phenoxy) is 1. The summed E-state index contributed by atoms with van der Waals surface area (Å²) in [5.74, 6) is 1.24. The average molecular weight is 344 g/mol. The van der Waals surface area contributed by atoms with Gasteiger partial charge in [0.25, 0.3) is 0 Å². The van der Waals surface area contributed by atoms with Crippen LogP contribution in [0.2, 0.25) is 0 Å². The van der Waals surface area contributed by atoms with E-state index < -0.39 is 0 Å². The number of nitrogen functional groups attached to an aromatic ring is 1. The fraction of sp³-hybridized carbons (Fsp3) is 0.0625. The van der Waals surface area contributed by atoms with Crippen LogP contribution >= 0.6 is 15.9 Å². The minimum atomic E-state index is 0.457. The number of H-pyrrole nitrogens is 1. The predicted octanol–water partition coefficient (Wildman–Crippen LogP) is 4.00. The molecule has 0 aliphatic rings. The maximum atomic E-state index is 5.93. The van der Waals surface area contributed by atoms with Crippen molar-refractivity contribution in [2.24, 2.45) is 0 Å². The van der Waals surface area contributed by atoms with Crippen LogP contribution in [0.15, 0.2) is 59.1 Å². The lowest BCUT2D eigenvalue weighted by Crippen LogP contribution is -1.97. The summed E-state index contributed by atoms with van der Waals surface area (Å²) >= 11 is 3.48. The molecular formula is C16H14BrN3O. The van der Waals surface area contributed by atoms with Crippen LogP contribution in [0.4, 0.5) is 5.82 Å². The molecule has 0 radical (unpaired) electrons. The van der Waals surface area contributed by atoms with Crippen LogP contribution in [-0.2, 0) is 6.61 Å². The molecule has 3 rings (SSSR count). The van der Waals surface area contributed by atoms with E-state index in [1.54, 1.807) is 6.07 Å². The van der Waals surface area contributed by atoms with Crippen LogP contribution in [0, 0.1) is 0 Å². The summed E-state index contributed by atoms with van der Waals surface area (Å²) in [4.78, 5) is 0. The van der Waals surface area contributed by atoms with E-state index in [9.17, 15) is 0 Å². The lowest BCUT2D eigenvalue weighted by atomic mass is 10.1. The number of nitrogens with zero attached hydrogens (tertiary/aromatic N) is 1. The second-order valence-electron chi connectivity index (χ2n) is 4.62. The van der Waals surface area contributed by atoms with Crippen LogP contribution < -0.4 is 10.5 Å². The van der Waals surface area contributed by atoms with Crippen molar-refractivity contribution in [3.8, 4) is 17.0 Å². The van der Waals surface area contributed by atoms with Gasteiger partial charge in [0.1, 0.15) is 18.2 Å². The Kier molecular flexibility index (Phi) is 3.92. The average Bonchev–Trinajstić information content (AvgIpc) is 2.93. The smallest absolute Gasteiger partial charge is 0.145 e. The molecule has 3 aromatic rings. The van der Waals surface area contributed by atoms with Gasteiger partial charge >= 0.3 is 0 Å². The molecule has 0 spiro atoms. The molecule has 106 valence electrons. The van der Waals surface area contributed by atoms with Crippen molar-refractivity contribution in [1.29, 1.82) is 0 Å². The molecule has 0 fully saturated rings. The Hall–Kier alpha value is -2.27. The van der Waals surface area contributed by atoms with E-state index in [1.807, 2.05) is 48.5 Å². The van der Waals surface area contributed by atoms with Crippen molar-refractivity contribution in [3.63, 3.8) is 0 Å². The molecule has 5 heteroatoms. The number of nitrogens with two attached hydrogens (primary N) is 1. The van der Waals surface area contributed by atoms with Gasteiger partial charge in [-0.05, 0) is 23.8 Å². The first kappa shape index (κ1) is 13.7. The molecule has 1 aromatic heterocycles. The standard InChI is InChI=1S/C16H14BrN3O/c17-12-6-7-15(21-10-11-4-2-1-3-5-11)13(8-12)14-9-16(18)20-19-14/h1-9H,10H2,(H3,18,19,20). The molecule has 0 saturated heterocycles. The number of aromatic amines is 1. The molecule has 4 nitrogen and oxygen atoms in total. The second kappa shape index (κ2) is 6.01. The number of benzene rings is 2. The minimum absolute atomic E-state index is 0.457. The van der Waals surface area contributed by atoms with E-state index in [-0.39, 0.29) is 0 Å². The van der Waals surface area contributed by atoms with Gasteiger partial charge in [-0.15, -0.1) is 0 Å². The molecule has 0 aliphatic heterocycles. The number of hydrogen-bond acceptors (Lipinski definition) is 3. The van der Waals surface area contributed by atoms with Gasteiger partial charge < -0.3 is 10.5 Å². The summed E-state index contributed by atoms with van der Waals surface area (Å²) in [6.45, 7) is 0.513. The van der Waals surface area contributed by atoms with Crippen LogP contribution in [0.25, 0.3) is 11.3 Å². The van der Waals surface area contributed by atoms with Crippen molar-refractivity contribution in [2.45, 2.75) is 6.61 Å². The highest BCUT2D eigenvalue weighted by Crippen LogP contribution is 2.32. The van der Waals surface area contributed by atoms with E-state index in [4.69, 9.17) is 10.5 Å². The zero-order chi connectivity index (χ0) is 14.7. The number of nitrogens with one attached hydrogen (secondary N) is 1. The number of halogens is 1. The molecular weight excluding hydrogens is 330 g/mol. The fourth-order valence-electron chi connectivity index (χ4n) is 2.05. The zero-order valence-corrected chi connectivity index (χ0v) is 12.8. The Morgan fingerprint density at radius 1 is 1.10 bits per heavy atom. The highest BCUT2D eigenvalue weighted by molar-refractivity contribution is 9.10. The monoisotopic (exact) mass is 343 g/mol. The SMILES string of the molecule is Nc1cc(-c2cc(Br)ccc2OCc2ccccc2)[nH]n1. The van der Waals surface area contributed by atoms with Crippen LogP contribution in [-0.4, -0.2) is 10.2 Å². The van der Waals surface area contributed by atoms with E-state index in [1.165, 1.54) is 0 Å². The highest BCUT2D eigenvalue weighted by atomic mass is 79.9. The summed E-state index contributed by atoms with van der Waals surface area (Å²) in [6.07, 6.45) is 0. The molecule has 3 N–H and O–H groups in total. The van der Waals surface area contributed by atoms with Crippen molar-refractivity contribution in [2.75, 3.05) is 5.73 Å². The molecule has 0 saturated carbocycles. The Bertz CT molecular complexity index is 740. The minimum Gasteiger partial charge on any atom is -0.488 e. The molecule has 0 amide bonds. The summed E-state index contributed by atoms with van der Waals surface area (Å²) in [5, 5.41) is 6.88. The van der Waals surface area contributed by atoms with Crippen LogP contribution in [0.5, 0.6) is 5.75 Å². The topological polar surface area (TPSA) is 63.9 Å². The Labute approximate surface area is 131 Å². The quantitative estimate of drug-likeness (QED) is 0.752. The first-order chi connectivity index (χ1) is 10.2. The lowest BCUT2D eigenvalue weighted by Gasteiger charge is -2.11. The van der Waals surface area contributed by atoms with Crippen molar-refractivity contribution in [1.82, 2.24) is 10.2 Å². The maximum absolute atomic E-state index is 5.93. The number of aromatic nitrogens is 2. The Balaban J connectivity index is 1.88. The Morgan fingerprint density at radius 2 is 1.90 bits per heavy atom. The van der Waals surface area contributed by atoms with Gasteiger partial charge in [0, 0.05) is 16.1 Å². The Morgan fingerprint density at radius 3 is 2.62 bits per heavy atom. The van der Waals surface area contributed by atoms with E-state index >= 15 is 0 Å². The summed E-state index contributed by atoms with van der Waals surface area (Å²) < 4.78 is 6.90. The highest BCUT2D eigenvalue weighted by Gasteiger charge is 2.10. The first-order valence-corrected chi connectivity index (χ1v) is 7.29. The van der Waals surface area contributed by atoms with E-state index in [0.29, 0.717) is 12.4 Å². The second-order valence-corrected chi connectivity index (χ2v) is 5.54. The summed E-state index contributed by atoms with van der Waals surface area (Å²) in [7, 11) is 0. The number of anilines is 1. The molecule has 0 aliphatic carbocycles. The first-order valence-electron chi connectivity index (χ1n) is 6.50. The zero-order valence-electron chi connectivity index (χ0n) is 11.2. The third-order valence-electron chi connectivity index (χ3n) is 3.07. The van der Waals surface area contributed by atoms with Gasteiger partial charge in [-0.3, -0.25) is 5.10 Å². The predicted molar refractivity (Wildman–Crippen MR) is 86.9 cm³/mol. The number of hydrogen-bond donors (Lipinski definition) is 2.